The molecule has 1 aliphatic rings. The van der Waals surface area contributed by atoms with E-state index in [0.717, 1.165) is 11.8 Å². The van der Waals surface area contributed by atoms with Gasteiger partial charge in [-0.05, 0) is 31.3 Å². The summed E-state index contributed by atoms with van der Waals surface area (Å²) >= 11 is 0. The van der Waals surface area contributed by atoms with Crippen molar-refractivity contribution in [2.45, 2.75) is 33.6 Å². The third-order valence-electron chi connectivity index (χ3n) is 3.20. The molecular weight excluding hydrogens is 134 g/mol. The zero-order valence-electron chi connectivity index (χ0n) is 8.14. The molecule has 0 radical (unpaired) electrons. The lowest BCUT2D eigenvalue weighted by molar-refractivity contribution is 0.304. The molecule has 0 aromatic rings. The molecule has 1 heterocycles. The predicted molar refractivity (Wildman–Crippen MR) is 49.7 cm³/mol. The maximum absolute atomic E-state index is 2.57. The smallest absolute Gasteiger partial charge is 0.00126 e. The van der Waals surface area contributed by atoms with E-state index in [2.05, 4.69) is 25.7 Å². The fourth-order valence-corrected chi connectivity index (χ4v) is 1.95. The maximum Gasteiger partial charge on any atom is 0.00126 e. The van der Waals surface area contributed by atoms with E-state index in [9.17, 15) is 0 Å². The molecule has 0 N–H and O–H groups in total. The molecule has 1 heteroatoms. The molecule has 0 amide bonds. The van der Waals surface area contributed by atoms with E-state index in [1.165, 1.54) is 32.5 Å². The van der Waals surface area contributed by atoms with Crippen LogP contribution in [0.15, 0.2) is 0 Å². The Morgan fingerprint density at radius 3 is 2.64 bits per heavy atom. The van der Waals surface area contributed by atoms with Crippen LogP contribution in [0.2, 0.25) is 0 Å². The molecule has 0 saturated carbocycles. The third kappa shape index (κ3) is 2.19. The number of hydrogen-bond donors (Lipinski definition) is 0. The summed E-state index contributed by atoms with van der Waals surface area (Å²) in [5.74, 6) is 1.92. The van der Waals surface area contributed by atoms with E-state index in [1.54, 1.807) is 0 Å². The van der Waals surface area contributed by atoms with Crippen LogP contribution in [0.1, 0.15) is 33.6 Å². The molecule has 1 rings (SSSR count). The van der Waals surface area contributed by atoms with Gasteiger partial charge in [0.15, 0.2) is 0 Å². The highest BCUT2D eigenvalue weighted by atomic mass is 15.1. The van der Waals surface area contributed by atoms with E-state index in [-0.39, 0.29) is 0 Å². The fraction of sp³-hybridized carbons (Fsp3) is 1.00. The van der Waals surface area contributed by atoms with Gasteiger partial charge in [-0.1, -0.05) is 27.2 Å². The lowest BCUT2D eigenvalue weighted by Gasteiger charge is -2.17. The van der Waals surface area contributed by atoms with Crippen molar-refractivity contribution < 1.29 is 0 Å². The van der Waals surface area contributed by atoms with Gasteiger partial charge in [-0.2, -0.15) is 0 Å². The Kier molecular flexibility index (Phi) is 3.38. The molecule has 66 valence electrons. The van der Waals surface area contributed by atoms with Gasteiger partial charge in [0, 0.05) is 6.54 Å². The van der Waals surface area contributed by atoms with Gasteiger partial charge in [0.1, 0.15) is 0 Å². The number of rotatable bonds is 3. The second-order valence-corrected chi connectivity index (χ2v) is 3.83. The summed E-state index contributed by atoms with van der Waals surface area (Å²) in [4.78, 5) is 2.57. The maximum atomic E-state index is 2.57. The van der Waals surface area contributed by atoms with E-state index < -0.39 is 0 Å². The Hall–Kier alpha value is -0.0400. The first-order chi connectivity index (χ1) is 5.27. The van der Waals surface area contributed by atoms with Crippen molar-refractivity contribution in [3.05, 3.63) is 0 Å². The summed E-state index contributed by atoms with van der Waals surface area (Å²) < 4.78 is 0. The van der Waals surface area contributed by atoms with Gasteiger partial charge in [0.05, 0.1) is 0 Å². The van der Waals surface area contributed by atoms with Crippen LogP contribution in [0.5, 0.6) is 0 Å². The minimum absolute atomic E-state index is 0.937. The molecule has 1 fully saturated rings. The van der Waals surface area contributed by atoms with Crippen molar-refractivity contribution in [1.29, 1.82) is 0 Å². The third-order valence-corrected chi connectivity index (χ3v) is 3.20. The largest absolute Gasteiger partial charge is 0.303 e. The minimum Gasteiger partial charge on any atom is -0.303 e. The predicted octanol–water partition coefficient (Wildman–Crippen LogP) is 2.37. The molecule has 0 aromatic carbocycles. The van der Waals surface area contributed by atoms with Crippen molar-refractivity contribution in [3.8, 4) is 0 Å². The van der Waals surface area contributed by atoms with Crippen molar-refractivity contribution in [3.63, 3.8) is 0 Å². The topological polar surface area (TPSA) is 3.24 Å². The second kappa shape index (κ2) is 4.10. The van der Waals surface area contributed by atoms with Crippen molar-refractivity contribution in [2.24, 2.45) is 11.8 Å². The quantitative estimate of drug-likeness (QED) is 0.605. The molecule has 2 atom stereocenters. The average Bonchev–Trinajstić information content (AvgIpc) is 2.50. The highest BCUT2D eigenvalue weighted by Gasteiger charge is 2.24. The summed E-state index contributed by atoms with van der Waals surface area (Å²) in [6.07, 6.45) is 2.78. The summed E-state index contributed by atoms with van der Waals surface area (Å²) in [6, 6.07) is 0. The molecule has 0 aromatic heterocycles. The zero-order valence-corrected chi connectivity index (χ0v) is 8.14. The molecule has 0 spiro atoms. The van der Waals surface area contributed by atoms with Crippen LogP contribution in [-0.2, 0) is 0 Å². The summed E-state index contributed by atoms with van der Waals surface area (Å²) in [5, 5.41) is 0. The lowest BCUT2D eigenvalue weighted by Crippen LogP contribution is -2.21. The molecule has 1 nitrogen and oxygen atoms in total. The molecular formula is C10H21N. The molecule has 0 aliphatic carbocycles. The number of nitrogens with zero attached hydrogens (tertiary/aromatic N) is 1. The number of hydrogen-bond acceptors (Lipinski definition) is 1. The van der Waals surface area contributed by atoms with Gasteiger partial charge in [0.25, 0.3) is 0 Å². The van der Waals surface area contributed by atoms with Crippen LogP contribution in [-0.4, -0.2) is 24.5 Å². The average molecular weight is 155 g/mol. The second-order valence-electron chi connectivity index (χ2n) is 3.83. The minimum atomic E-state index is 0.937. The van der Waals surface area contributed by atoms with E-state index >= 15 is 0 Å². The van der Waals surface area contributed by atoms with Gasteiger partial charge in [-0.25, -0.2) is 0 Å². The molecule has 1 saturated heterocycles. The standard InChI is InChI=1S/C10H21N/c1-4-9(3)10-6-7-11(5-2)8-10/h9-10H,4-8H2,1-3H3/t9?,10-/m0/s1. The first kappa shape index (κ1) is 9.05. The number of likely N-dealkylation sites (tertiary alicyclic amines) is 1. The summed E-state index contributed by atoms with van der Waals surface area (Å²) in [6.45, 7) is 10.9. The Bertz CT molecular complexity index is 111. The lowest BCUT2D eigenvalue weighted by atomic mass is 9.91. The zero-order chi connectivity index (χ0) is 8.27. The van der Waals surface area contributed by atoms with Gasteiger partial charge in [0.2, 0.25) is 0 Å². The molecule has 1 aliphatic heterocycles. The summed E-state index contributed by atoms with van der Waals surface area (Å²) in [7, 11) is 0. The van der Waals surface area contributed by atoms with Crippen LogP contribution in [0.25, 0.3) is 0 Å². The van der Waals surface area contributed by atoms with Crippen molar-refractivity contribution >= 4 is 0 Å². The van der Waals surface area contributed by atoms with Gasteiger partial charge >= 0.3 is 0 Å². The Balaban J connectivity index is 2.29. The molecule has 0 bridgehead atoms. The Labute approximate surface area is 70.8 Å². The van der Waals surface area contributed by atoms with Crippen molar-refractivity contribution in [1.82, 2.24) is 4.90 Å². The van der Waals surface area contributed by atoms with Gasteiger partial charge in [-0.3, -0.25) is 0 Å². The van der Waals surface area contributed by atoms with Crippen LogP contribution >= 0.6 is 0 Å². The highest BCUT2D eigenvalue weighted by Crippen LogP contribution is 2.25. The fourth-order valence-electron chi connectivity index (χ4n) is 1.95. The van der Waals surface area contributed by atoms with E-state index in [1.807, 2.05) is 0 Å². The van der Waals surface area contributed by atoms with Crippen LogP contribution < -0.4 is 0 Å². The SMILES string of the molecule is CCC(C)[C@H]1CCN(CC)C1. The Morgan fingerprint density at radius 2 is 2.18 bits per heavy atom. The first-order valence-electron chi connectivity index (χ1n) is 5.00. The highest BCUT2D eigenvalue weighted by molar-refractivity contribution is 4.77. The van der Waals surface area contributed by atoms with Crippen LogP contribution in [0.3, 0.4) is 0 Å². The molecule has 11 heavy (non-hydrogen) atoms. The van der Waals surface area contributed by atoms with Crippen LogP contribution in [0, 0.1) is 11.8 Å². The van der Waals surface area contributed by atoms with Gasteiger partial charge in [-0.15, -0.1) is 0 Å². The van der Waals surface area contributed by atoms with Crippen LogP contribution in [0.4, 0.5) is 0 Å². The van der Waals surface area contributed by atoms with Crippen molar-refractivity contribution in [2.75, 3.05) is 19.6 Å². The first-order valence-corrected chi connectivity index (χ1v) is 5.00. The van der Waals surface area contributed by atoms with E-state index in [0.29, 0.717) is 0 Å². The Morgan fingerprint density at radius 1 is 1.45 bits per heavy atom. The summed E-state index contributed by atoms with van der Waals surface area (Å²) in [5.41, 5.74) is 0. The monoisotopic (exact) mass is 155 g/mol. The van der Waals surface area contributed by atoms with E-state index in [4.69, 9.17) is 0 Å². The molecule has 1 unspecified atom stereocenters. The van der Waals surface area contributed by atoms with Gasteiger partial charge < -0.3 is 4.90 Å². The normalized spacial score (nSPS) is 29.2.